The first-order chi connectivity index (χ1) is 9.64. The maximum atomic E-state index is 10.7. The minimum absolute atomic E-state index is 0.320. The van der Waals surface area contributed by atoms with Gasteiger partial charge in [-0.3, -0.25) is 0 Å². The van der Waals surface area contributed by atoms with E-state index in [2.05, 4.69) is 15.9 Å². The highest BCUT2D eigenvalue weighted by Gasteiger charge is 2.43. The van der Waals surface area contributed by atoms with Crippen LogP contribution in [-0.2, 0) is 6.42 Å². The van der Waals surface area contributed by atoms with E-state index in [0.717, 1.165) is 11.3 Å². The molecule has 106 valence electrons. The van der Waals surface area contributed by atoms with Crippen molar-refractivity contribution in [1.29, 1.82) is 0 Å². The first-order valence-corrected chi connectivity index (χ1v) is 7.28. The predicted octanol–water partition coefficient (Wildman–Crippen LogP) is 2.66. The highest BCUT2D eigenvalue weighted by atomic mass is 79.9. The van der Waals surface area contributed by atoms with E-state index in [1.807, 2.05) is 24.3 Å². The number of hydrogen-bond acceptors (Lipinski definition) is 4. The zero-order chi connectivity index (χ0) is 14.2. The van der Waals surface area contributed by atoms with Gasteiger partial charge in [-0.25, -0.2) is 0 Å². The Balaban J connectivity index is 1.93. The molecule has 1 aromatic heterocycles. The molecule has 1 aromatic carbocycles. The summed E-state index contributed by atoms with van der Waals surface area (Å²) in [7, 11) is 0. The second-order valence-electron chi connectivity index (χ2n) is 5.18. The van der Waals surface area contributed by atoms with Crippen LogP contribution in [0.1, 0.15) is 17.4 Å². The van der Waals surface area contributed by atoms with Crippen LogP contribution in [0, 0.1) is 5.41 Å². The molecular formula is C15H16BrNO3. The molecule has 2 atom stereocenters. The monoisotopic (exact) mass is 337 g/mol. The first-order valence-electron chi connectivity index (χ1n) is 6.49. The number of aliphatic hydroxyl groups is 1. The maximum absolute atomic E-state index is 10.7. The Morgan fingerprint density at radius 3 is 2.80 bits per heavy atom. The van der Waals surface area contributed by atoms with Crippen molar-refractivity contribution in [3.63, 3.8) is 0 Å². The Kier molecular flexibility index (Phi) is 3.58. The third-order valence-electron chi connectivity index (χ3n) is 3.88. The summed E-state index contributed by atoms with van der Waals surface area (Å²) in [4.78, 5) is 0. The lowest BCUT2D eigenvalue weighted by Gasteiger charge is -2.39. The van der Waals surface area contributed by atoms with Gasteiger partial charge in [0.25, 0.3) is 0 Å². The van der Waals surface area contributed by atoms with Crippen molar-refractivity contribution in [3.05, 3.63) is 52.4 Å². The highest BCUT2D eigenvalue weighted by molar-refractivity contribution is 9.10. The molecule has 0 spiro atoms. The van der Waals surface area contributed by atoms with Crippen LogP contribution in [0.2, 0.25) is 0 Å². The summed E-state index contributed by atoms with van der Waals surface area (Å²) in [6.07, 6.45) is -0.133. The molecule has 2 heterocycles. The fraction of sp³-hybridized carbons (Fsp3) is 0.333. The summed E-state index contributed by atoms with van der Waals surface area (Å²) in [6.45, 7) is 0.695. The Morgan fingerprint density at radius 1 is 1.30 bits per heavy atom. The summed E-state index contributed by atoms with van der Waals surface area (Å²) >= 11 is 3.25. The lowest BCUT2D eigenvalue weighted by atomic mass is 9.75. The van der Waals surface area contributed by atoms with Crippen molar-refractivity contribution >= 4 is 15.9 Å². The standard InChI is InChI=1S/C15H16BrNO3/c16-13-6-5-12(20-13)14(18)15(8-17)7-10-3-1-2-4-11(10)19-9-15/h1-6,14,18H,7-9,17H2. The number of hydrogen-bond donors (Lipinski definition) is 2. The molecule has 0 fully saturated rings. The third kappa shape index (κ3) is 2.26. The van der Waals surface area contributed by atoms with Gasteiger partial charge in [0.2, 0.25) is 0 Å². The normalized spacial score (nSPS) is 22.9. The number of benzene rings is 1. The molecule has 1 aliphatic rings. The summed E-state index contributed by atoms with van der Waals surface area (Å²) in [5, 5.41) is 10.7. The predicted molar refractivity (Wildman–Crippen MR) is 78.5 cm³/mol. The lowest BCUT2D eigenvalue weighted by Crippen LogP contribution is -2.45. The van der Waals surface area contributed by atoms with Crippen LogP contribution < -0.4 is 10.5 Å². The van der Waals surface area contributed by atoms with Crippen molar-refractivity contribution in [1.82, 2.24) is 0 Å². The van der Waals surface area contributed by atoms with E-state index < -0.39 is 11.5 Å². The van der Waals surface area contributed by atoms with Crippen LogP contribution >= 0.6 is 15.9 Å². The lowest BCUT2D eigenvalue weighted by molar-refractivity contribution is -0.0283. The Labute approximate surface area is 125 Å². The first kappa shape index (κ1) is 13.7. The van der Waals surface area contributed by atoms with Crippen LogP contribution in [0.5, 0.6) is 5.75 Å². The average Bonchev–Trinajstić information content (AvgIpc) is 2.92. The quantitative estimate of drug-likeness (QED) is 0.903. The zero-order valence-corrected chi connectivity index (χ0v) is 12.5. The van der Waals surface area contributed by atoms with Gasteiger partial charge < -0.3 is 20.0 Å². The molecule has 5 heteroatoms. The molecular weight excluding hydrogens is 322 g/mol. The molecule has 4 nitrogen and oxygen atoms in total. The van der Waals surface area contributed by atoms with E-state index in [4.69, 9.17) is 14.9 Å². The largest absolute Gasteiger partial charge is 0.493 e. The fourth-order valence-electron chi connectivity index (χ4n) is 2.64. The minimum atomic E-state index is -0.799. The molecule has 0 aliphatic carbocycles. The molecule has 3 N–H and O–H groups in total. The van der Waals surface area contributed by atoms with Crippen LogP contribution in [0.4, 0.5) is 0 Å². The number of nitrogens with two attached hydrogens (primary N) is 1. The van der Waals surface area contributed by atoms with Gasteiger partial charge in [0.15, 0.2) is 4.67 Å². The Hall–Kier alpha value is -1.30. The van der Waals surface area contributed by atoms with Gasteiger partial charge in [-0.2, -0.15) is 0 Å². The van der Waals surface area contributed by atoms with E-state index >= 15 is 0 Å². The van der Waals surface area contributed by atoms with E-state index in [9.17, 15) is 5.11 Å². The molecule has 3 rings (SSSR count). The maximum Gasteiger partial charge on any atom is 0.169 e. The van der Waals surface area contributed by atoms with Crippen LogP contribution in [0.3, 0.4) is 0 Å². The van der Waals surface area contributed by atoms with Gasteiger partial charge >= 0.3 is 0 Å². The van der Waals surface area contributed by atoms with Crippen LogP contribution in [0.25, 0.3) is 0 Å². The fourth-order valence-corrected chi connectivity index (χ4v) is 2.96. The average molecular weight is 338 g/mol. The van der Waals surface area contributed by atoms with Crippen LogP contribution in [-0.4, -0.2) is 18.3 Å². The van der Waals surface area contributed by atoms with E-state index in [-0.39, 0.29) is 0 Å². The molecule has 2 unspecified atom stereocenters. The number of fused-ring (bicyclic) bond motifs is 1. The molecule has 0 bridgehead atoms. The third-order valence-corrected chi connectivity index (χ3v) is 4.31. The van der Waals surface area contributed by atoms with Crippen molar-refractivity contribution in [3.8, 4) is 5.75 Å². The summed E-state index contributed by atoms with van der Waals surface area (Å²) in [5.74, 6) is 1.37. The van der Waals surface area contributed by atoms with E-state index in [0.29, 0.717) is 30.0 Å². The van der Waals surface area contributed by atoms with Crippen molar-refractivity contribution < 1.29 is 14.3 Å². The SMILES string of the molecule is NCC1(C(O)c2ccc(Br)o2)COc2ccccc2C1. The van der Waals surface area contributed by atoms with Crippen molar-refractivity contribution in [2.45, 2.75) is 12.5 Å². The van der Waals surface area contributed by atoms with Crippen LogP contribution in [0.15, 0.2) is 45.5 Å². The van der Waals surface area contributed by atoms with Gasteiger partial charge in [0, 0.05) is 6.54 Å². The summed E-state index contributed by atoms with van der Waals surface area (Å²) in [6, 6.07) is 11.4. The minimum Gasteiger partial charge on any atom is -0.493 e. The molecule has 0 saturated carbocycles. The molecule has 20 heavy (non-hydrogen) atoms. The number of halogens is 1. The number of para-hydroxylation sites is 1. The Morgan fingerprint density at radius 2 is 2.10 bits per heavy atom. The van der Waals surface area contributed by atoms with Gasteiger partial charge in [0.1, 0.15) is 17.6 Å². The van der Waals surface area contributed by atoms with E-state index in [1.54, 1.807) is 12.1 Å². The number of furan rings is 1. The molecule has 0 amide bonds. The smallest absolute Gasteiger partial charge is 0.169 e. The summed E-state index contributed by atoms with van der Waals surface area (Å²) < 4.78 is 11.8. The van der Waals surface area contributed by atoms with Gasteiger partial charge in [-0.05, 0) is 46.1 Å². The number of aliphatic hydroxyl groups excluding tert-OH is 1. The zero-order valence-electron chi connectivity index (χ0n) is 10.9. The molecule has 2 aromatic rings. The van der Waals surface area contributed by atoms with Crippen molar-refractivity contribution in [2.75, 3.05) is 13.2 Å². The van der Waals surface area contributed by atoms with Gasteiger partial charge in [-0.15, -0.1) is 0 Å². The van der Waals surface area contributed by atoms with Crippen molar-refractivity contribution in [2.24, 2.45) is 11.1 Å². The van der Waals surface area contributed by atoms with Gasteiger partial charge in [-0.1, -0.05) is 18.2 Å². The second-order valence-corrected chi connectivity index (χ2v) is 5.97. The van der Waals surface area contributed by atoms with E-state index in [1.165, 1.54) is 0 Å². The summed E-state index contributed by atoms with van der Waals surface area (Å²) in [5.41, 5.74) is 6.45. The molecule has 0 radical (unpaired) electrons. The highest BCUT2D eigenvalue weighted by Crippen LogP contribution is 2.43. The molecule has 1 aliphatic heterocycles. The number of ether oxygens (including phenoxy) is 1. The Bertz CT molecular complexity index is 613. The number of rotatable bonds is 3. The second kappa shape index (κ2) is 5.24. The topological polar surface area (TPSA) is 68.6 Å². The van der Waals surface area contributed by atoms with Gasteiger partial charge in [0.05, 0.1) is 12.0 Å². The molecule has 0 saturated heterocycles.